The average Bonchev–Trinajstić information content (AvgIpc) is 2.92. The van der Waals surface area contributed by atoms with E-state index in [9.17, 15) is 9.59 Å². The third kappa shape index (κ3) is 5.97. The van der Waals surface area contributed by atoms with Crippen molar-refractivity contribution in [1.82, 2.24) is 20.2 Å². The van der Waals surface area contributed by atoms with Gasteiger partial charge < -0.3 is 25.7 Å². The molecule has 2 aromatic heterocycles. The summed E-state index contributed by atoms with van der Waals surface area (Å²) in [6, 6.07) is 6.83. The number of amides is 1. The number of fused-ring (bicyclic) bond motifs is 2. The van der Waals surface area contributed by atoms with E-state index in [-0.39, 0.29) is 5.91 Å². The molecule has 0 radical (unpaired) electrons. The molecule has 12 nitrogen and oxygen atoms in total. The van der Waals surface area contributed by atoms with Crippen molar-refractivity contribution in [3.05, 3.63) is 58.8 Å². The second-order valence-corrected chi connectivity index (χ2v) is 9.37. The molecule has 2 aliphatic heterocycles. The highest BCUT2D eigenvalue weighted by Gasteiger charge is 2.43. The van der Waals surface area contributed by atoms with E-state index in [4.69, 9.17) is 19.8 Å². The van der Waals surface area contributed by atoms with Gasteiger partial charge >= 0.3 is 11.9 Å². The lowest BCUT2D eigenvalue weighted by Crippen LogP contribution is -2.64. The number of anilines is 2. The van der Waals surface area contributed by atoms with E-state index in [2.05, 4.69) is 36.5 Å². The number of aromatic nitrogens is 2. The molecular weight excluding hydrogens is 504 g/mol. The second-order valence-electron chi connectivity index (χ2n) is 9.37. The molecule has 2 fully saturated rings. The Morgan fingerprint density at radius 2 is 1.85 bits per heavy atom. The van der Waals surface area contributed by atoms with Crippen molar-refractivity contribution in [1.29, 1.82) is 0 Å². The molecule has 1 aliphatic carbocycles. The maximum atomic E-state index is 11.8. The number of rotatable bonds is 5. The van der Waals surface area contributed by atoms with Gasteiger partial charge in [0.1, 0.15) is 11.4 Å². The maximum Gasteiger partial charge on any atom is 0.414 e. The Morgan fingerprint density at radius 1 is 1.10 bits per heavy atom. The Balaban J connectivity index is 0.000000531. The first-order chi connectivity index (χ1) is 18.7. The van der Waals surface area contributed by atoms with Crippen LogP contribution in [-0.4, -0.2) is 81.1 Å². The third-order valence-corrected chi connectivity index (χ3v) is 7.16. The first-order valence-electron chi connectivity index (χ1n) is 12.6. The van der Waals surface area contributed by atoms with Crippen LogP contribution in [0.5, 0.6) is 0 Å². The number of nitrogens with zero attached hydrogens (tertiary/aromatic N) is 4. The van der Waals surface area contributed by atoms with Crippen LogP contribution in [0.4, 0.5) is 11.4 Å². The SMILES string of the molecule is CCC1=Cc2ncc(CN3CCN(c4ccc(C(=O)NC)nc4)[C@H]4CC[C@H]43)cc2NC1=C=O.O=C(O)C(=O)O. The van der Waals surface area contributed by atoms with Gasteiger partial charge in [-0.15, -0.1) is 0 Å². The van der Waals surface area contributed by atoms with Crippen LogP contribution in [-0.2, 0) is 20.9 Å². The van der Waals surface area contributed by atoms with Crippen molar-refractivity contribution >= 4 is 41.2 Å². The van der Waals surface area contributed by atoms with Gasteiger partial charge in [0.2, 0.25) is 0 Å². The zero-order valence-corrected chi connectivity index (χ0v) is 21.7. The van der Waals surface area contributed by atoms with Gasteiger partial charge in [-0.1, -0.05) is 6.92 Å². The highest BCUT2D eigenvalue weighted by atomic mass is 16.4. The highest BCUT2D eigenvalue weighted by Crippen LogP contribution is 2.37. The van der Waals surface area contributed by atoms with Crippen LogP contribution >= 0.6 is 0 Å². The molecule has 5 rings (SSSR count). The predicted molar refractivity (Wildman–Crippen MR) is 143 cm³/mol. The maximum absolute atomic E-state index is 11.8. The molecule has 2 atom stereocenters. The van der Waals surface area contributed by atoms with E-state index in [1.54, 1.807) is 13.1 Å². The molecule has 0 aromatic carbocycles. The summed E-state index contributed by atoms with van der Waals surface area (Å²) in [5.74, 6) is -1.80. The van der Waals surface area contributed by atoms with E-state index in [1.165, 1.54) is 6.42 Å². The summed E-state index contributed by atoms with van der Waals surface area (Å²) in [7, 11) is 1.61. The summed E-state index contributed by atoms with van der Waals surface area (Å²) in [6.45, 7) is 4.71. The number of carboxylic acids is 2. The topological polar surface area (TPSA) is 165 Å². The molecule has 39 heavy (non-hydrogen) atoms. The van der Waals surface area contributed by atoms with Gasteiger partial charge in [0, 0.05) is 45.0 Å². The minimum Gasteiger partial charge on any atom is -0.473 e. The second kappa shape index (κ2) is 11.9. The van der Waals surface area contributed by atoms with Crippen LogP contribution in [0.3, 0.4) is 0 Å². The van der Waals surface area contributed by atoms with E-state index in [0.717, 1.165) is 60.7 Å². The number of hydrogen-bond donors (Lipinski definition) is 4. The summed E-state index contributed by atoms with van der Waals surface area (Å²) in [4.78, 5) is 55.2. The van der Waals surface area contributed by atoms with Crippen molar-refractivity contribution in [2.75, 3.05) is 30.4 Å². The van der Waals surface area contributed by atoms with Crippen molar-refractivity contribution in [2.45, 2.75) is 44.8 Å². The van der Waals surface area contributed by atoms with Crippen LogP contribution in [0.15, 0.2) is 41.9 Å². The number of carbonyl (C=O) groups is 3. The zero-order valence-electron chi connectivity index (χ0n) is 21.7. The Morgan fingerprint density at radius 3 is 2.41 bits per heavy atom. The molecule has 4 N–H and O–H groups in total. The summed E-state index contributed by atoms with van der Waals surface area (Å²) in [6.07, 6.45) is 8.81. The van der Waals surface area contributed by atoms with Gasteiger partial charge in [0.05, 0.1) is 23.3 Å². The molecular formula is C27H30N6O6. The Bertz CT molecular complexity index is 1340. The average molecular weight is 535 g/mol. The Hall–Kier alpha value is -4.54. The van der Waals surface area contributed by atoms with Crippen molar-refractivity contribution in [2.24, 2.45) is 0 Å². The minimum absolute atomic E-state index is 0.168. The lowest BCUT2D eigenvalue weighted by Gasteiger charge is -2.54. The molecule has 1 saturated carbocycles. The minimum atomic E-state index is -1.82. The first-order valence-corrected chi connectivity index (χ1v) is 12.6. The largest absolute Gasteiger partial charge is 0.473 e. The number of allylic oxidation sites excluding steroid dienone is 1. The molecule has 0 spiro atoms. The summed E-state index contributed by atoms with van der Waals surface area (Å²) < 4.78 is 0. The van der Waals surface area contributed by atoms with Crippen LogP contribution in [0.25, 0.3) is 6.08 Å². The molecule has 1 amide bonds. The van der Waals surface area contributed by atoms with Crippen molar-refractivity contribution in [3.63, 3.8) is 0 Å². The fourth-order valence-corrected chi connectivity index (χ4v) is 5.03. The fraction of sp³-hybridized carbons (Fsp3) is 0.370. The molecule has 0 unspecified atom stereocenters. The molecule has 204 valence electrons. The predicted octanol–water partition coefficient (Wildman–Crippen LogP) is 1.78. The van der Waals surface area contributed by atoms with Crippen LogP contribution in [0, 0.1) is 0 Å². The van der Waals surface area contributed by atoms with Crippen LogP contribution < -0.4 is 15.5 Å². The van der Waals surface area contributed by atoms with Gasteiger partial charge in [-0.2, -0.15) is 0 Å². The molecule has 0 bridgehead atoms. The van der Waals surface area contributed by atoms with E-state index in [0.29, 0.717) is 23.5 Å². The standard InChI is InChI=1S/C25H28N6O2.C2H2O4/c1-3-17-11-20-21(29-22(17)15-32)10-16(12-27-20)14-30-8-9-31(24-7-6-23(24)30)18-4-5-19(28-13-18)25(33)26-2;3-1(4)2(5)6/h4-5,10-13,23-24,29H,3,6-9,14H2,1-2H3,(H,26,33);(H,3,4)(H,5,6)/t23-,24+;/m1./s1. The summed E-state index contributed by atoms with van der Waals surface area (Å²) in [5, 5.41) is 20.6. The first kappa shape index (κ1) is 27.5. The Kier molecular flexibility index (Phi) is 8.38. The molecule has 4 heterocycles. The van der Waals surface area contributed by atoms with Gasteiger partial charge in [0.25, 0.3) is 5.91 Å². The van der Waals surface area contributed by atoms with E-state index >= 15 is 0 Å². The van der Waals surface area contributed by atoms with Gasteiger partial charge in [-0.05, 0) is 54.7 Å². The third-order valence-electron chi connectivity index (χ3n) is 7.16. The van der Waals surface area contributed by atoms with Gasteiger partial charge in [-0.3, -0.25) is 14.7 Å². The molecule has 12 heteroatoms. The lowest BCUT2D eigenvalue weighted by molar-refractivity contribution is -0.159. The number of piperazine rings is 1. The monoisotopic (exact) mass is 534 g/mol. The van der Waals surface area contributed by atoms with Crippen molar-refractivity contribution in [3.8, 4) is 0 Å². The Labute approximate surface area is 225 Å². The molecule has 2 aromatic rings. The smallest absolute Gasteiger partial charge is 0.414 e. The molecule has 1 saturated heterocycles. The zero-order chi connectivity index (χ0) is 28.1. The number of nitrogens with one attached hydrogen (secondary N) is 2. The number of hydrogen-bond acceptors (Lipinski definition) is 9. The fourth-order valence-electron chi connectivity index (χ4n) is 5.03. The molecule has 3 aliphatic rings. The lowest BCUT2D eigenvalue weighted by atomic mass is 9.81. The van der Waals surface area contributed by atoms with E-state index < -0.39 is 11.9 Å². The van der Waals surface area contributed by atoms with Crippen LogP contribution in [0.2, 0.25) is 0 Å². The van der Waals surface area contributed by atoms with Crippen LogP contribution in [0.1, 0.15) is 47.9 Å². The number of aliphatic carboxylic acids is 2. The van der Waals surface area contributed by atoms with Crippen molar-refractivity contribution < 1.29 is 29.4 Å². The number of pyridine rings is 2. The normalized spacial score (nSPS) is 19.5. The summed E-state index contributed by atoms with van der Waals surface area (Å²) >= 11 is 0. The van der Waals surface area contributed by atoms with Gasteiger partial charge in [-0.25, -0.2) is 19.4 Å². The number of carbonyl (C=O) groups excluding carboxylic acids is 2. The van der Waals surface area contributed by atoms with Gasteiger partial charge in [0.15, 0.2) is 5.94 Å². The highest BCUT2D eigenvalue weighted by molar-refractivity contribution is 6.27. The summed E-state index contributed by atoms with van der Waals surface area (Å²) in [5.41, 5.74) is 5.82. The quantitative estimate of drug-likeness (QED) is 0.326. The number of carboxylic acid groups (broad SMARTS) is 2. The van der Waals surface area contributed by atoms with E-state index in [1.807, 2.05) is 37.4 Å².